The van der Waals surface area contributed by atoms with Gasteiger partial charge in [-0.25, -0.2) is 4.79 Å². The Morgan fingerprint density at radius 2 is 1.68 bits per heavy atom. The number of amides is 2. The van der Waals surface area contributed by atoms with E-state index in [0.717, 1.165) is 16.5 Å². The first kappa shape index (κ1) is 29.1. The number of carbonyl (C=O) groups is 3. The van der Waals surface area contributed by atoms with Gasteiger partial charge in [0.25, 0.3) is 5.91 Å². The molecule has 0 fully saturated rings. The minimum absolute atomic E-state index is 0.0427. The van der Waals surface area contributed by atoms with Crippen LogP contribution in [0.15, 0.2) is 48.7 Å². The van der Waals surface area contributed by atoms with Crippen LogP contribution >= 0.6 is 23.2 Å². The molecule has 1 aromatic heterocycles. The van der Waals surface area contributed by atoms with Gasteiger partial charge in [0.2, 0.25) is 5.91 Å². The number of carbonyl (C=O) groups excluding carboxylic acids is 3. The van der Waals surface area contributed by atoms with Crippen molar-refractivity contribution < 1.29 is 19.1 Å². The third-order valence-electron chi connectivity index (χ3n) is 5.96. The highest BCUT2D eigenvalue weighted by atomic mass is 35.5. The second kappa shape index (κ2) is 12.4. The van der Waals surface area contributed by atoms with Crippen molar-refractivity contribution in [3.8, 4) is 11.8 Å². The third-order valence-corrected chi connectivity index (χ3v) is 6.67. The smallest absolute Gasteiger partial charge is 0.328 e. The summed E-state index contributed by atoms with van der Waals surface area (Å²) in [5.74, 6) is 3.25. The number of benzene rings is 2. The molecular weight excluding hydrogens is 525 g/mol. The van der Waals surface area contributed by atoms with Gasteiger partial charge in [-0.15, -0.1) is 0 Å². The van der Waals surface area contributed by atoms with Crippen molar-refractivity contribution in [3.63, 3.8) is 0 Å². The van der Waals surface area contributed by atoms with Gasteiger partial charge in [-0.2, -0.15) is 0 Å². The SMILES string of the molecule is CC#CC(=O)N([C@@H](Cc1c(Cl)cccc1Cl)C(=O)NC(C)(C)C)[C@@H](Cc1c[nH]c2ccccc12)C(=O)OC. The number of fused-ring (bicyclic) bond motifs is 1. The van der Waals surface area contributed by atoms with Gasteiger partial charge in [0.05, 0.1) is 7.11 Å². The molecule has 0 saturated carbocycles. The Morgan fingerprint density at radius 3 is 2.29 bits per heavy atom. The van der Waals surface area contributed by atoms with Crippen LogP contribution in [0.4, 0.5) is 0 Å². The number of hydrogen-bond donors (Lipinski definition) is 2. The average Bonchev–Trinajstić information content (AvgIpc) is 3.26. The Balaban J connectivity index is 2.18. The molecule has 1 heterocycles. The summed E-state index contributed by atoms with van der Waals surface area (Å²) in [6, 6.07) is 10.3. The fraction of sp³-hybridized carbons (Fsp3) is 0.345. The van der Waals surface area contributed by atoms with Gasteiger partial charge in [0.15, 0.2) is 0 Å². The largest absolute Gasteiger partial charge is 0.467 e. The molecule has 0 radical (unpaired) electrons. The number of nitrogens with zero attached hydrogens (tertiary/aromatic N) is 1. The number of H-pyrrole nitrogens is 1. The zero-order chi connectivity index (χ0) is 28.0. The zero-order valence-electron chi connectivity index (χ0n) is 22.0. The molecule has 0 aliphatic heterocycles. The van der Waals surface area contributed by atoms with Crippen LogP contribution in [0.1, 0.15) is 38.8 Å². The number of halogens is 2. The number of nitrogens with one attached hydrogen (secondary N) is 2. The number of para-hydroxylation sites is 1. The molecule has 0 aliphatic rings. The molecule has 9 heteroatoms. The number of rotatable bonds is 8. The van der Waals surface area contributed by atoms with Crippen LogP contribution in [-0.4, -0.2) is 52.4 Å². The predicted octanol–water partition coefficient (Wildman–Crippen LogP) is 4.94. The molecule has 3 rings (SSSR count). The van der Waals surface area contributed by atoms with Crippen molar-refractivity contribution in [2.75, 3.05) is 7.11 Å². The van der Waals surface area contributed by atoms with E-state index in [1.807, 2.05) is 45.0 Å². The number of aromatic amines is 1. The topological polar surface area (TPSA) is 91.5 Å². The Kier molecular flexibility index (Phi) is 9.48. The second-order valence-corrected chi connectivity index (χ2v) is 10.7. The minimum Gasteiger partial charge on any atom is -0.467 e. The maximum atomic E-state index is 13.8. The molecule has 0 aliphatic carbocycles. The molecule has 2 atom stereocenters. The first-order valence-electron chi connectivity index (χ1n) is 12.1. The van der Waals surface area contributed by atoms with Crippen LogP contribution < -0.4 is 5.32 Å². The van der Waals surface area contributed by atoms with E-state index in [1.54, 1.807) is 24.4 Å². The lowest BCUT2D eigenvalue weighted by Gasteiger charge is -2.36. The van der Waals surface area contributed by atoms with Crippen molar-refractivity contribution in [2.24, 2.45) is 0 Å². The standard InChI is InChI=1S/C29H31Cl2N3O4/c1-6-10-26(35)34(25(28(37)38-5)15-18-17-32-23-14-8-7-11-19(18)23)24(27(36)33-29(2,3)4)16-20-21(30)12-9-13-22(20)31/h7-9,11-14,17,24-25,32H,15-16H2,1-5H3,(H,33,36)/t24-,25-/m0/s1. The van der Waals surface area contributed by atoms with Crippen molar-refractivity contribution in [1.82, 2.24) is 15.2 Å². The highest BCUT2D eigenvalue weighted by molar-refractivity contribution is 6.36. The highest BCUT2D eigenvalue weighted by Gasteiger charge is 2.40. The predicted molar refractivity (Wildman–Crippen MR) is 150 cm³/mol. The minimum atomic E-state index is -1.17. The van der Waals surface area contributed by atoms with E-state index in [4.69, 9.17) is 27.9 Å². The van der Waals surface area contributed by atoms with Crippen LogP contribution in [-0.2, 0) is 32.0 Å². The first-order valence-corrected chi connectivity index (χ1v) is 12.8. The van der Waals surface area contributed by atoms with Gasteiger partial charge in [-0.1, -0.05) is 53.4 Å². The number of methoxy groups -OCH3 is 1. The lowest BCUT2D eigenvalue weighted by molar-refractivity contribution is -0.155. The molecule has 0 bridgehead atoms. The van der Waals surface area contributed by atoms with Crippen LogP contribution in [0.2, 0.25) is 10.0 Å². The molecule has 7 nitrogen and oxygen atoms in total. The summed E-state index contributed by atoms with van der Waals surface area (Å²) in [7, 11) is 1.24. The molecule has 2 amide bonds. The summed E-state index contributed by atoms with van der Waals surface area (Å²) >= 11 is 12.9. The molecule has 0 unspecified atom stereocenters. The van der Waals surface area contributed by atoms with Crippen LogP contribution in [0.3, 0.4) is 0 Å². The molecule has 2 aromatic carbocycles. The number of ether oxygens (including phenoxy) is 1. The molecule has 0 spiro atoms. The summed E-state index contributed by atoms with van der Waals surface area (Å²) in [6.07, 6.45) is 1.83. The number of aromatic nitrogens is 1. The van der Waals surface area contributed by atoms with Crippen molar-refractivity contribution in [2.45, 2.75) is 58.2 Å². The van der Waals surface area contributed by atoms with E-state index in [2.05, 4.69) is 22.1 Å². The Bertz CT molecular complexity index is 1380. The monoisotopic (exact) mass is 555 g/mol. The summed E-state index contributed by atoms with van der Waals surface area (Å²) < 4.78 is 5.14. The van der Waals surface area contributed by atoms with Gasteiger partial charge in [0, 0.05) is 45.5 Å². The van der Waals surface area contributed by atoms with Crippen LogP contribution in [0.5, 0.6) is 0 Å². The Hall–Kier alpha value is -3.47. The van der Waals surface area contributed by atoms with E-state index < -0.39 is 35.4 Å². The lowest BCUT2D eigenvalue weighted by atomic mass is 9.97. The van der Waals surface area contributed by atoms with Crippen molar-refractivity contribution in [1.29, 1.82) is 0 Å². The van der Waals surface area contributed by atoms with E-state index >= 15 is 0 Å². The Labute approximate surface area is 232 Å². The molecule has 38 heavy (non-hydrogen) atoms. The fourth-order valence-corrected chi connectivity index (χ4v) is 4.85. The van der Waals surface area contributed by atoms with Gasteiger partial charge >= 0.3 is 5.97 Å². The normalized spacial score (nSPS) is 12.7. The van der Waals surface area contributed by atoms with Crippen LogP contribution in [0.25, 0.3) is 10.9 Å². The van der Waals surface area contributed by atoms with E-state index in [-0.39, 0.29) is 12.8 Å². The number of hydrogen-bond acceptors (Lipinski definition) is 4. The average molecular weight is 556 g/mol. The summed E-state index contributed by atoms with van der Waals surface area (Å²) in [4.78, 5) is 45.0. The van der Waals surface area contributed by atoms with E-state index in [0.29, 0.717) is 15.6 Å². The van der Waals surface area contributed by atoms with E-state index in [9.17, 15) is 14.4 Å². The fourth-order valence-electron chi connectivity index (χ4n) is 4.30. The third kappa shape index (κ3) is 6.89. The van der Waals surface area contributed by atoms with Gasteiger partial charge in [-0.3, -0.25) is 9.59 Å². The summed E-state index contributed by atoms with van der Waals surface area (Å²) in [5.41, 5.74) is 1.51. The van der Waals surface area contributed by atoms with Gasteiger partial charge in [-0.05, 0) is 62.9 Å². The number of esters is 1. The Morgan fingerprint density at radius 1 is 1.03 bits per heavy atom. The summed E-state index contributed by atoms with van der Waals surface area (Å²) in [6.45, 7) is 6.99. The van der Waals surface area contributed by atoms with Gasteiger partial charge in [0.1, 0.15) is 12.1 Å². The molecule has 3 aromatic rings. The van der Waals surface area contributed by atoms with Crippen molar-refractivity contribution in [3.05, 3.63) is 69.8 Å². The molecule has 0 saturated heterocycles. The lowest BCUT2D eigenvalue weighted by Crippen LogP contribution is -2.59. The maximum Gasteiger partial charge on any atom is 0.328 e. The molecule has 2 N–H and O–H groups in total. The van der Waals surface area contributed by atoms with Gasteiger partial charge < -0.3 is 19.9 Å². The maximum absolute atomic E-state index is 13.8. The first-order chi connectivity index (χ1) is 18.0. The van der Waals surface area contributed by atoms with E-state index in [1.165, 1.54) is 18.9 Å². The molecular formula is C29H31Cl2N3O4. The zero-order valence-corrected chi connectivity index (χ0v) is 23.5. The van der Waals surface area contributed by atoms with Crippen molar-refractivity contribution >= 4 is 51.9 Å². The quantitative estimate of drug-likeness (QED) is 0.304. The van der Waals surface area contributed by atoms with Crippen LogP contribution in [0, 0.1) is 11.8 Å². The molecule has 200 valence electrons. The second-order valence-electron chi connectivity index (χ2n) is 9.85. The highest BCUT2D eigenvalue weighted by Crippen LogP contribution is 2.29. The summed E-state index contributed by atoms with van der Waals surface area (Å²) in [5, 5.41) is 4.50.